The van der Waals surface area contributed by atoms with E-state index >= 15 is 0 Å². The van der Waals surface area contributed by atoms with Crippen molar-refractivity contribution in [1.82, 2.24) is 25.8 Å². The number of thiazole rings is 1. The molecule has 3 aromatic rings. The molecule has 1 saturated heterocycles. The van der Waals surface area contributed by atoms with Gasteiger partial charge in [0, 0.05) is 38.1 Å². The molecule has 1 aliphatic heterocycles. The van der Waals surface area contributed by atoms with Gasteiger partial charge in [-0.15, -0.1) is 11.3 Å². The van der Waals surface area contributed by atoms with Gasteiger partial charge < -0.3 is 60.1 Å². The van der Waals surface area contributed by atoms with Crippen molar-refractivity contribution in [2.24, 2.45) is 11.1 Å². The number of carbonyl (C=O) groups is 5. The van der Waals surface area contributed by atoms with Gasteiger partial charge in [0.05, 0.1) is 74.0 Å². The lowest BCUT2D eigenvalue weighted by molar-refractivity contribution is -0.145. The molecule has 6 N–H and O–H groups in total. The third kappa shape index (κ3) is 19.2. The molecule has 2 fully saturated rings. The van der Waals surface area contributed by atoms with Gasteiger partial charge in [0.2, 0.25) is 17.7 Å². The van der Waals surface area contributed by atoms with Gasteiger partial charge in [-0.3, -0.25) is 19.2 Å². The Bertz CT molecular complexity index is 2280. The van der Waals surface area contributed by atoms with Gasteiger partial charge in [-0.25, -0.2) is 14.2 Å². The van der Waals surface area contributed by atoms with Crippen molar-refractivity contribution >= 4 is 41.1 Å². The second kappa shape index (κ2) is 27.3. The standard InChI is InChI=1S/C53H77FN6O12S/c1-34-45(73-33-57-34)38-15-16-39(30-56-47(63)42-29-40(61)31-60(42)48(64)46(51(3,4)5)59-49(65)53(54)19-20-53)43(28-38)70-27-26-69-25-24-68-23-22-67-21-9-10-36-11-13-37(14-12-36)32-71-35(2)41(17-18-44(55)62)58-50(66)72-52(6,7)8/h11-16,28,33,35,40-42,46,61H,9-10,17-27,29-32H2,1-8H3,(H2,55,62)(H,56,63)(H,58,66)(H,59,65)/t35-,40-,41+,42+,46-/m1/s1. The Labute approximate surface area is 432 Å². The van der Waals surface area contributed by atoms with E-state index in [2.05, 4.69) is 33.1 Å². The summed E-state index contributed by atoms with van der Waals surface area (Å²) in [6, 6.07) is 11.3. The molecule has 0 spiro atoms. The predicted octanol–water partition coefficient (Wildman–Crippen LogP) is 5.85. The van der Waals surface area contributed by atoms with E-state index in [-0.39, 0.29) is 52.0 Å². The topological polar surface area (TPSA) is 239 Å². The van der Waals surface area contributed by atoms with Crippen LogP contribution in [-0.2, 0) is 62.4 Å². The highest BCUT2D eigenvalue weighted by Gasteiger charge is 2.53. The normalized spacial score (nSPS) is 17.6. The molecule has 2 heterocycles. The maximum Gasteiger partial charge on any atom is 0.407 e. The number of hydrogen-bond acceptors (Lipinski definition) is 14. The first-order valence-electron chi connectivity index (χ1n) is 25.2. The lowest BCUT2D eigenvalue weighted by atomic mass is 9.85. The molecule has 404 valence electrons. The van der Waals surface area contributed by atoms with Crippen LogP contribution >= 0.6 is 11.3 Å². The fourth-order valence-electron chi connectivity index (χ4n) is 8.03. The molecule has 5 rings (SSSR count). The first-order valence-corrected chi connectivity index (χ1v) is 26.0. The summed E-state index contributed by atoms with van der Waals surface area (Å²) in [7, 11) is 0. The average Bonchev–Trinajstić information content (AvgIpc) is 3.73. The van der Waals surface area contributed by atoms with E-state index in [4.69, 9.17) is 34.2 Å². The zero-order chi connectivity index (χ0) is 53.3. The number of benzene rings is 2. The number of ether oxygens (including phenoxy) is 6. The fourth-order valence-corrected chi connectivity index (χ4v) is 8.83. The van der Waals surface area contributed by atoms with Gasteiger partial charge in [-0.1, -0.05) is 57.2 Å². The molecule has 18 nitrogen and oxygen atoms in total. The highest BCUT2D eigenvalue weighted by atomic mass is 32.1. The van der Waals surface area contributed by atoms with Crippen LogP contribution in [0, 0.1) is 12.3 Å². The smallest absolute Gasteiger partial charge is 0.407 e. The van der Waals surface area contributed by atoms with Gasteiger partial charge in [-0.2, -0.15) is 0 Å². The number of amides is 5. The molecular formula is C53H77FN6O12S. The minimum atomic E-state index is -1.98. The van der Waals surface area contributed by atoms with Crippen LogP contribution in [0.5, 0.6) is 5.75 Å². The van der Waals surface area contributed by atoms with Crippen LogP contribution in [0.1, 0.15) is 109 Å². The summed E-state index contributed by atoms with van der Waals surface area (Å²) >= 11 is 1.50. The number of nitrogens with zero attached hydrogens (tertiary/aromatic N) is 2. The maximum atomic E-state index is 14.6. The number of nitrogens with two attached hydrogens (primary N) is 1. The number of likely N-dealkylation sites (tertiary alicyclic amines) is 1. The quantitative estimate of drug-likeness (QED) is 0.0514. The van der Waals surface area contributed by atoms with E-state index in [0.717, 1.165) is 34.5 Å². The molecule has 0 radical (unpaired) electrons. The molecule has 1 aromatic heterocycles. The molecule has 5 atom stereocenters. The van der Waals surface area contributed by atoms with Crippen molar-refractivity contribution in [2.45, 2.75) is 155 Å². The maximum absolute atomic E-state index is 14.6. The van der Waals surface area contributed by atoms with E-state index in [0.29, 0.717) is 57.4 Å². The summed E-state index contributed by atoms with van der Waals surface area (Å²) in [5, 5.41) is 18.9. The lowest BCUT2D eigenvalue weighted by Crippen LogP contribution is -2.59. The average molecular weight is 1040 g/mol. The molecule has 0 bridgehead atoms. The Morgan fingerprint density at radius 3 is 2.16 bits per heavy atom. The van der Waals surface area contributed by atoms with Gasteiger partial charge >= 0.3 is 6.09 Å². The molecule has 2 aromatic carbocycles. The molecule has 73 heavy (non-hydrogen) atoms. The number of alkyl halides is 1. The lowest BCUT2D eigenvalue weighted by Gasteiger charge is -2.35. The number of aliphatic hydroxyl groups is 1. The number of aryl methyl sites for hydroxylation is 2. The van der Waals surface area contributed by atoms with E-state index in [1.54, 1.807) is 47.1 Å². The fraction of sp³-hybridized carbons (Fsp3) is 0.623. The van der Waals surface area contributed by atoms with Crippen molar-refractivity contribution in [3.05, 3.63) is 70.4 Å². The molecule has 2 aliphatic rings. The highest BCUT2D eigenvalue weighted by Crippen LogP contribution is 2.40. The number of primary amides is 1. The number of halogens is 1. The monoisotopic (exact) mass is 1040 g/mol. The minimum absolute atomic E-state index is 0.0121. The second-order valence-electron chi connectivity index (χ2n) is 20.8. The molecule has 1 saturated carbocycles. The Morgan fingerprint density at radius 2 is 1.56 bits per heavy atom. The van der Waals surface area contributed by atoms with Gasteiger partial charge in [-0.05, 0) is 94.9 Å². The summed E-state index contributed by atoms with van der Waals surface area (Å²) in [5.74, 6) is -1.79. The summed E-state index contributed by atoms with van der Waals surface area (Å²) in [6.07, 6.45) is 0.400. The molecule has 1 aliphatic carbocycles. The van der Waals surface area contributed by atoms with Crippen molar-refractivity contribution in [2.75, 3.05) is 52.8 Å². The van der Waals surface area contributed by atoms with Crippen molar-refractivity contribution in [3.8, 4) is 16.2 Å². The zero-order valence-corrected chi connectivity index (χ0v) is 44.5. The van der Waals surface area contributed by atoms with Crippen LogP contribution in [0.2, 0.25) is 0 Å². The zero-order valence-electron chi connectivity index (χ0n) is 43.7. The Hall–Kier alpha value is -5.25. The minimum Gasteiger partial charge on any atom is -0.491 e. The molecule has 5 amide bonds. The summed E-state index contributed by atoms with van der Waals surface area (Å²) in [6.45, 7) is 17.3. The number of carbonyl (C=O) groups excluding carboxylic acids is 5. The molecule has 20 heteroatoms. The third-order valence-electron chi connectivity index (χ3n) is 12.4. The van der Waals surface area contributed by atoms with E-state index in [1.165, 1.54) is 21.8 Å². The van der Waals surface area contributed by atoms with Gasteiger partial charge in [0.25, 0.3) is 5.91 Å². The number of rotatable bonds is 29. The van der Waals surface area contributed by atoms with Crippen LogP contribution in [0.25, 0.3) is 10.4 Å². The van der Waals surface area contributed by atoms with Crippen molar-refractivity contribution < 1.29 is 61.9 Å². The Morgan fingerprint density at radius 1 is 0.918 bits per heavy atom. The van der Waals surface area contributed by atoms with Crippen LogP contribution in [0.3, 0.4) is 0 Å². The number of nitrogens with one attached hydrogen (secondary N) is 3. The van der Waals surface area contributed by atoms with Gasteiger partial charge in [0.15, 0.2) is 5.67 Å². The Kier molecular flexibility index (Phi) is 22.0. The van der Waals surface area contributed by atoms with Crippen LogP contribution < -0.4 is 26.4 Å². The predicted molar refractivity (Wildman–Crippen MR) is 273 cm³/mol. The highest BCUT2D eigenvalue weighted by molar-refractivity contribution is 7.13. The second-order valence-corrected chi connectivity index (χ2v) is 21.7. The number of alkyl carbamates (subject to hydrolysis) is 1. The molecule has 0 unspecified atom stereocenters. The van der Waals surface area contributed by atoms with E-state index < -0.39 is 76.7 Å². The van der Waals surface area contributed by atoms with E-state index in [1.807, 2.05) is 44.2 Å². The third-order valence-corrected chi connectivity index (χ3v) is 13.3. The Balaban J connectivity index is 0.985. The SMILES string of the molecule is Cc1ncsc1-c1ccc(CNC(=O)[C@@H]2C[C@@H](O)CN2C(=O)[C@@H](NC(=O)C2(F)CC2)C(C)(C)C)c(OCCOCCOCCOCCCc2ccc(CO[C@H](C)[C@H](CCC(N)=O)NC(=O)OC(C)(C)C)cc2)c1. The van der Waals surface area contributed by atoms with Crippen LogP contribution in [0.4, 0.5) is 9.18 Å². The van der Waals surface area contributed by atoms with Gasteiger partial charge in [0.1, 0.15) is 30.0 Å². The van der Waals surface area contributed by atoms with E-state index in [9.17, 15) is 33.5 Å². The van der Waals surface area contributed by atoms with Crippen LogP contribution in [-0.4, -0.2) is 139 Å². The number of hydrogen-bond donors (Lipinski definition) is 5. The number of aliphatic hydroxyl groups excluding tert-OH is 1. The van der Waals surface area contributed by atoms with Crippen molar-refractivity contribution in [1.29, 1.82) is 0 Å². The van der Waals surface area contributed by atoms with Crippen LogP contribution in [0.15, 0.2) is 48.0 Å². The molecular weight excluding hydrogens is 964 g/mol. The number of β-amino-alcohol motifs (C(OH)–C–C–N with tert-alkyl or cyclic N) is 1. The summed E-state index contributed by atoms with van der Waals surface area (Å²) < 4.78 is 49.5. The first-order chi connectivity index (χ1) is 34.5. The first kappa shape index (κ1) is 58.6. The summed E-state index contributed by atoms with van der Waals surface area (Å²) in [4.78, 5) is 70.8. The summed E-state index contributed by atoms with van der Waals surface area (Å²) in [5.41, 5.74) is 8.30. The van der Waals surface area contributed by atoms with Crippen molar-refractivity contribution in [3.63, 3.8) is 0 Å². The number of aromatic nitrogens is 1. The largest absolute Gasteiger partial charge is 0.491 e.